The van der Waals surface area contributed by atoms with Crippen molar-refractivity contribution >= 4 is 71.9 Å². The van der Waals surface area contributed by atoms with Crippen molar-refractivity contribution < 1.29 is 8.83 Å². The fourth-order valence-corrected chi connectivity index (χ4v) is 8.89. The van der Waals surface area contributed by atoms with Crippen molar-refractivity contribution in [2.45, 2.75) is 0 Å². The molecule has 12 rings (SSSR count). The molecule has 0 spiro atoms. The Hall–Kier alpha value is -8.15. The number of rotatable bonds is 7. The summed E-state index contributed by atoms with van der Waals surface area (Å²) in [7, 11) is 0. The van der Waals surface area contributed by atoms with Gasteiger partial charge in [-0.1, -0.05) is 133 Å². The van der Waals surface area contributed by atoms with Crippen LogP contribution in [0.4, 0.5) is 17.1 Å². The van der Waals surface area contributed by atoms with Crippen LogP contribution in [0.15, 0.2) is 221 Å². The minimum atomic E-state index is 0.585. The van der Waals surface area contributed by atoms with E-state index in [0.717, 1.165) is 77.9 Å². The highest BCUT2D eigenvalue weighted by atomic mass is 16.4. The Kier molecular flexibility index (Phi) is 7.78. The van der Waals surface area contributed by atoms with Gasteiger partial charge in [0.1, 0.15) is 16.7 Å². The monoisotopic (exact) mass is 769 g/mol. The average molecular weight is 770 g/mol. The van der Waals surface area contributed by atoms with E-state index in [0.29, 0.717) is 11.5 Å². The molecule has 0 aliphatic carbocycles. The van der Waals surface area contributed by atoms with E-state index in [-0.39, 0.29) is 0 Å². The van der Waals surface area contributed by atoms with Gasteiger partial charge < -0.3 is 18.3 Å². The molecule has 0 unspecified atom stereocenters. The van der Waals surface area contributed by atoms with Gasteiger partial charge in [0, 0.05) is 44.3 Å². The molecule has 282 valence electrons. The van der Waals surface area contributed by atoms with E-state index in [2.05, 4.69) is 173 Å². The summed E-state index contributed by atoms with van der Waals surface area (Å²) < 4.78 is 15.5. The number of fused-ring (bicyclic) bond motifs is 8. The summed E-state index contributed by atoms with van der Waals surface area (Å²) in [6, 6.07) is 74.5. The van der Waals surface area contributed by atoms with Gasteiger partial charge in [0.2, 0.25) is 5.89 Å². The fraction of sp³-hybridized carbons (Fsp3) is 0. The maximum atomic E-state index is 6.66. The van der Waals surface area contributed by atoms with Crippen LogP contribution in [0.2, 0.25) is 0 Å². The molecule has 0 aliphatic rings. The van der Waals surface area contributed by atoms with E-state index < -0.39 is 0 Å². The van der Waals surface area contributed by atoms with Crippen LogP contribution in [0, 0.1) is 0 Å². The maximum absolute atomic E-state index is 6.66. The quantitative estimate of drug-likeness (QED) is 0.162. The predicted octanol–water partition coefficient (Wildman–Crippen LogP) is 15.3. The molecule has 0 radical (unpaired) electrons. The lowest BCUT2D eigenvalue weighted by atomic mass is 10.00. The summed E-state index contributed by atoms with van der Waals surface area (Å²) in [4.78, 5) is 7.41. The number of hydrogen-bond acceptors (Lipinski definition) is 4. The molecule has 12 aromatic rings. The average Bonchev–Trinajstić information content (AvgIpc) is 4.03. The van der Waals surface area contributed by atoms with E-state index >= 15 is 0 Å². The summed E-state index contributed by atoms with van der Waals surface area (Å²) >= 11 is 0. The molecule has 5 nitrogen and oxygen atoms in total. The van der Waals surface area contributed by atoms with Crippen molar-refractivity contribution in [2.24, 2.45) is 0 Å². The van der Waals surface area contributed by atoms with E-state index in [1.807, 2.05) is 48.5 Å². The van der Waals surface area contributed by atoms with Crippen LogP contribution in [0.1, 0.15) is 0 Å². The predicted molar refractivity (Wildman–Crippen MR) is 247 cm³/mol. The molecular weight excluding hydrogens is 735 g/mol. The molecule has 0 bridgehead atoms. The second-order valence-corrected chi connectivity index (χ2v) is 15.1. The minimum absolute atomic E-state index is 0.585. The van der Waals surface area contributed by atoms with Gasteiger partial charge in [-0.2, -0.15) is 0 Å². The first-order chi connectivity index (χ1) is 29.8. The molecular formula is C55H35N3O2. The molecule has 3 aromatic heterocycles. The normalized spacial score (nSPS) is 11.7. The van der Waals surface area contributed by atoms with Gasteiger partial charge in [-0.25, -0.2) is 4.98 Å². The molecule has 0 amide bonds. The molecule has 0 saturated carbocycles. The van der Waals surface area contributed by atoms with Crippen LogP contribution >= 0.6 is 0 Å². The first kappa shape index (κ1) is 33.9. The number of aromatic nitrogens is 2. The first-order valence-corrected chi connectivity index (χ1v) is 20.2. The lowest BCUT2D eigenvalue weighted by molar-refractivity contribution is 0.619. The number of para-hydroxylation sites is 3. The van der Waals surface area contributed by atoms with Gasteiger partial charge in [0.05, 0.1) is 22.1 Å². The highest BCUT2D eigenvalue weighted by molar-refractivity contribution is 6.21. The molecule has 0 saturated heterocycles. The van der Waals surface area contributed by atoms with Gasteiger partial charge >= 0.3 is 0 Å². The Labute approximate surface area is 345 Å². The topological polar surface area (TPSA) is 47.3 Å². The van der Waals surface area contributed by atoms with Crippen molar-refractivity contribution in [1.29, 1.82) is 0 Å². The first-order valence-electron chi connectivity index (χ1n) is 20.2. The Balaban J connectivity index is 1.05. The molecule has 0 N–H and O–H groups in total. The van der Waals surface area contributed by atoms with Crippen LogP contribution in [0.3, 0.4) is 0 Å². The lowest BCUT2D eigenvalue weighted by Gasteiger charge is -2.27. The number of benzene rings is 9. The fourth-order valence-electron chi connectivity index (χ4n) is 8.89. The van der Waals surface area contributed by atoms with E-state index in [4.69, 9.17) is 13.8 Å². The zero-order valence-corrected chi connectivity index (χ0v) is 32.4. The number of anilines is 3. The van der Waals surface area contributed by atoms with Gasteiger partial charge in [0.15, 0.2) is 5.58 Å². The number of nitrogens with zero attached hydrogens (tertiary/aromatic N) is 3. The van der Waals surface area contributed by atoms with Crippen LogP contribution in [0.25, 0.3) is 94.2 Å². The summed E-state index contributed by atoms with van der Waals surface area (Å²) in [6.45, 7) is 0. The van der Waals surface area contributed by atoms with Crippen LogP contribution in [-0.4, -0.2) is 9.55 Å². The SMILES string of the molecule is c1ccc(-c2ccc(N(c3ccc(-c4cc5oc(-c6ccccc6)nc5c5c4oc4ccccc45)cc3)c3cccc4c3c3ccccc3n4-c3ccccc3)cc2)cc1. The summed E-state index contributed by atoms with van der Waals surface area (Å²) in [5.74, 6) is 0.585. The van der Waals surface area contributed by atoms with Gasteiger partial charge in [-0.3, -0.25) is 0 Å². The summed E-state index contributed by atoms with van der Waals surface area (Å²) in [6.07, 6.45) is 0. The van der Waals surface area contributed by atoms with Gasteiger partial charge in [0.25, 0.3) is 0 Å². The Morgan fingerprint density at radius 2 is 1.00 bits per heavy atom. The molecule has 3 heterocycles. The lowest BCUT2D eigenvalue weighted by Crippen LogP contribution is -2.10. The van der Waals surface area contributed by atoms with Crippen LogP contribution in [-0.2, 0) is 0 Å². The minimum Gasteiger partial charge on any atom is -0.455 e. The van der Waals surface area contributed by atoms with Crippen LogP contribution < -0.4 is 4.90 Å². The largest absolute Gasteiger partial charge is 0.455 e. The Morgan fingerprint density at radius 3 is 1.73 bits per heavy atom. The van der Waals surface area contributed by atoms with Crippen molar-refractivity contribution in [3.8, 4) is 39.4 Å². The molecule has 60 heavy (non-hydrogen) atoms. The molecule has 5 heteroatoms. The highest BCUT2D eigenvalue weighted by Crippen LogP contribution is 2.46. The van der Waals surface area contributed by atoms with Gasteiger partial charge in [-0.15, -0.1) is 0 Å². The zero-order chi connectivity index (χ0) is 39.6. The smallest absolute Gasteiger partial charge is 0.227 e. The third-order valence-electron chi connectivity index (χ3n) is 11.6. The number of hydrogen-bond donors (Lipinski definition) is 0. The summed E-state index contributed by atoms with van der Waals surface area (Å²) in [5, 5.41) is 4.34. The maximum Gasteiger partial charge on any atom is 0.227 e. The highest BCUT2D eigenvalue weighted by Gasteiger charge is 2.23. The van der Waals surface area contributed by atoms with E-state index in [9.17, 15) is 0 Å². The molecule has 9 aromatic carbocycles. The van der Waals surface area contributed by atoms with Crippen molar-refractivity contribution in [2.75, 3.05) is 4.90 Å². The number of oxazole rings is 1. The second-order valence-electron chi connectivity index (χ2n) is 15.1. The van der Waals surface area contributed by atoms with Crippen LogP contribution in [0.5, 0.6) is 0 Å². The van der Waals surface area contributed by atoms with Crippen molar-refractivity contribution in [1.82, 2.24) is 9.55 Å². The van der Waals surface area contributed by atoms with Crippen molar-refractivity contribution in [3.63, 3.8) is 0 Å². The molecule has 0 fully saturated rings. The standard InChI is InChI=1S/C55H35N3O2/c1-4-15-36(16-5-1)37-27-31-41(32-28-37)57(47-24-14-25-48-51(47)43-21-10-12-23-46(43)58(48)40-19-8-3-9-20-40)42-33-29-38(30-34-42)45-35-50-53(56-55(60-50)39-17-6-2-7-18-39)52-44-22-11-13-26-49(44)59-54(45)52/h1-35H. The molecule has 0 aliphatic heterocycles. The zero-order valence-electron chi connectivity index (χ0n) is 32.4. The third kappa shape index (κ3) is 5.44. The van der Waals surface area contributed by atoms with Gasteiger partial charge in [-0.05, 0) is 95.6 Å². The van der Waals surface area contributed by atoms with Crippen molar-refractivity contribution in [3.05, 3.63) is 212 Å². The molecule has 0 atom stereocenters. The van der Waals surface area contributed by atoms with E-state index in [1.54, 1.807) is 0 Å². The Morgan fingerprint density at radius 1 is 0.417 bits per heavy atom. The summed E-state index contributed by atoms with van der Waals surface area (Å²) in [5.41, 5.74) is 15.0. The Bertz CT molecular complexity index is 3510. The third-order valence-corrected chi connectivity index (χ3v) is 11.6. The number of furan rings is 1. The van der Waals surface area contributed by atoms with E-state index in [1.165, 1.54) is 21.9 Å². The second kappa shape index (κ2) is 13.8.